The third-order valence-corrected chi connectivity index (χ3v) is 4.14. The summed E-state index contributed by atoms with van der Waals surface area (Å²) in [5.74, 6) is 0. The van der Waals surface area contributed by atoms with E-state index in [-0.39, 0.29) is 0 Å². The van der Waals surface area contributed by atoms with E-state index in [1.165, 1.54) is 11.1 Å². The molecule has 0 fully saturated rings. The second kappa shape index (κ2) is 5.96. The van der Waals surface area contributed by atoms with Gasteiger partial charge in [-0.1, -0.05) is 60.7 Å². The molecule has 0 radical (unpaired) electrons. The summed E-state index contributed by atoms with van der Waals surface area (Å²) < 4.78 is 4.52. The maximum absolute atomic E-state index is 2.26. The molecule has 0 aliphatic rings. The van der Waals surface area contributed by atoms with Crippen molar-refractivity contribution in [3.05, 3.63) is 90.5 Å². The van der Waals surface area contributed by atoms with Crippen LogP contribution in [0, 0.1) is 0 Å². The van der Waals surface area contributed by atoms with Crippen molar-refractivity contribution in [3.8, 4) is 0 Å². The van der Waals surface area contributed by atoms with E-state index < -0.39 is 0 Å². The van der Waals surface area contributed by atoms with Gasteiger partial charge in [-0.2, -0.15) is 0 Å². The number of rotatable bonds is 4. The van der Waals surface area contributed by atoms with Gasteiger partial charge in [-0.05, 0) is 25.0 Å². The first-order valence-corrected chi connectivity index (χ1v) is 7.44. The zero-order chi connectivity index (χ0) is 14.7. The molecule has 1 unspecified atom stereocenters. The first-order chi connectivity index (χ1) is 10.3. The molecule has 0 spiro atoms. The molecule has 1 heterocycles. The molecule has 0 amide bonds. The molecule has 0 saturated heterocycles. The van der Waals surface area contributed by atoms with Gasteiger partial charge in [0.1, 0.15) is 24.5 Å². The van der Waals surface area contributed by atoms with Crippen molar-refractivity contribution in [1.29, 1.82) is 0 Å². The summed E-state index contributed by atoms with van der Waals surface area (Å²) >= 11 is 0. The van der Waals surface area contributed by atoms with E-state index in [0.29, 0.717) is 12.1 Å². The molecule has 3 aromatic rings. The molecule has 0 aliphatic heterocycles. The van der Waals surface area contributed by atoms with Gasteiger partial charge in [0, 0.05) is 0 Å². The van der Waals surface area contributed by atoms with E-state index >= 15 is 0 Å². The van der Waals surface area contributed by atoms with E-state index in [9.17, 15) is 0 Å². The fraction of sp³-hybridized carbons (Fsp3) is 0.211. The molecule has 106 valence electrons. The van der Waals surface area contributed by atoms with E-state index in [0.717, 1.165) is 0 Å². The van der Waals surface area contributed by atoms with Gasteiger partial charge in [-0.3, -0.25) is 0 Å². The third-order valence-electron chi connectivity index (χ3n) is 4.14. The lowest BCUT2D eigenvalue weighted by Gasteiger charge is -2.09. The first kappa shape index (κ1) is 13.6. The van der Waals surface area contributed by atoms with Crippen LogP contribution < -0.4 is 4.57 Å². The van der Waals surface area contributed by atoms with Crippen LogP contribution in [0.4, 0.5) is 0 Å². The number of benzene rings is 2. The standard InChI is InChI=1S/C19H21N2/c1-16(18-9-5-3-6-10-18)20-13-14-21(15-20)17(2)19-11-7-4-8-12-19/h3-17H,1-2H3/q+1/t16-,17?/m0/s1. The van der Waals surface area contributed by atoms with Crippen LogP contribution >= 0.6 is 0 Å². The normalized spacial score (nSPS) is 13.8. The summed E-state index contributed by atoms with van der Waals surface area (Å²) in [5.41, 5.74) is 2.65. The molecular formula is C19H21N2+. The fourth-order valence-corrected chi connectivity index (χ4v) is 2.65. The third kappa shape index (κ3) is 2.89. The predicted octanol–water partition coefficient (Wildman–Crippen LogP) is 3.99. The van der Waals surface area contributed by atoms with Crippen LogP contribution in [-0.2, 0) is 0 Å². The van der Waals surface area contributed by atoms with Crippen molar-refractivity contribution in [2.24, 2.45) is 0 Å². The highest BCUT2D eigenvalue weighted by atomic mass is 15.1. The fourth-order valence-electron chi connectivity index (χ4n) is 2.65. The maximum atomic E-state index is 2.26. The Balaban J connectivity index is 1.84. The van der Waals surface area contributed by atoms with Gasteiger partial charge in [0.25, 0.3) is 0 Å². The van der Waals surface area contributed by atoms with Gasteiger partial charge in [-0.25, -0.2) is 9.13 Å². The molecule has 2 aromatic carbocycles. The van der Waals surface area contributed by atoms with Crippen LogP contribution in [0.25, 0.3) is 0 Å². The van der Waals surface area contributed by atoms with Gasteiger partial charge in [-0.15, -0.1) is 0 Å². The highest BCUT2D eigenvalue weighted by Crippen LogP contribution is 2.17. The van der Waals surface area contributed by atoms with Crippen molar-refractivity contribution in [3.63, 3.8) is 0 Å². The topological polar surface area (TPSA) is 8.81 Å². The minimum atomic E-state index is 0.343. The molecule has 0 aliphatic carbocycles. The zero-order valence-electron chi connectivity index (χ0n) is 12.6. The number of imidazole rings is 1. The lowest BCUT2D eigenvalue weighted by Crippen LogP contribution is -2.36. The van der Waals surface area contributed by atoms with Crippen LogP contribution in [0.1, 0.15) is 37.1 Å². The Morgan fingerprint density at radius 2 is 1.38 bits per heavy atom. The average molecular weight is 277 g/mol. The van der Waals surface area contributed by atoms with Gasteiger partial charge in [0.15, 0.2) is 0 Å². The van der Waals surface area contributed by atoms with Gasteiger partial charge in [0.05, 0.1) is 0 Å². The van der Waals surface area contributed by atoms with Crippen LogP contribution in [-0.4, -0.2) is 4.57 Å². The number of aromatic nitrogens is 2. The Morgan fingerprint density at radius 3 is 2.00 bits per heavy atom. The van der Waals surface area contributed by atoms with Crippen LogP contribution in [0.3, 0.4) is 0 Å². The van der Waals surface area contributed by atoms with E-state index in [4.69, 9.17) is 0 Å². The van der Waals surface area contributed by atoms with E-state index in [1.54, 1.807) is 0 Å². The highest BCUT2D eigenvalue weighted by Gasteiger charge is 2.17. The molecule has 2 heteroatoms. The molecule has 0 bridgehead atoms. The van der Waals surface area contributed by atoms with Crippen molar-refractivity contribution in [2.45, 2.75) is 25.9 Å². The number of hydrogen-bond acceptors (Lipinski definition) is 0. The first-order valence-electron chi connectivity index (χ1n) is 7.44. The lowest BCUT2D eigenvalue weighted by atomic mass is 10.1. The zero-order valence-corrected chi connectivity index (χ0v) is 12.6. The summed E-state index contributed by atoms with van der Waals surface area (Å²) in [4.78, 5) is 0. The number of nitrogens with zero attached hydrogens (tertiary/aromatic N) is 2. The van der Waals surface area contributed by atoms with Crippen LogP contribution in [0.15, 0.2) is 79.4 Å². The van der Waals surface area contributed by atoms with Crippen molar-refractivity contribution in [1.82, 2.24) is 4.57 Å². The summed E-state index contributed by atoms with van der Waals surface area (Å²) in [6.45, 7) is 4.46. The van der Waals surface area contributed by atoms with E-state index in [1.807, 2.05) is 0 Å². The smallest absolute Gasteiger partial charge is 0.230 e. The Hall–Kier alpha value is -2.35. The van der Waals surface area contributed by atoms with E-state index in [2.05, 4.69) is 102 Å². The Kier molecular flexibility index (Phi) is 3.87. The maximum Gasteiger partial charge on any atom is 0.244 e. The molecular weight excluding hydrogens is 256 g/mol. The molecule has 3 rings (SSSR count). The van der Waals surface area contributed by atoms with Gasteiger partial charge in [0.2, 0.25) is 6.33 Å². The summed E-state index contributed by atoms with van der Waals surface area (Å²) in [5, 5.41) is 0. The molecule has 0 saturated carbocycles. The molecule has 2 nitrogen and oxygen atoms in total. The van der Waals surface area contributed by atoms with Crippen molar-refractivity contribution in [2.75, 3.05) is 0 Å². The highest BCUT2D eigenvalue weighted by molar-refractivity contribution is 5.19. The molecule has 21 heavy (non-hydrogen) atoms. The van der Waals surface area contributed by atoms with Gasteiger partial charge >= 0.3 is 0 Å². The van der Waals surface area contributed by atoms with Crippen molar-refractivity contribution < 1.29 is 4.57 Å². The molecule has 2 atom stereocenters. The predicted molar refractivity (Wildman–Crippen MR) is 85.1 cm³/mol. The summed E-state index contributed by atoms with van der Waals surface area (Å²) in [7, 11) is 0. The average Bonchev–Trinajstić information content (AvgIpc) is 3.05. The minimum Gasteiger partial charge on any atom is -0.230 e. The summed E-state index contributed by atoms with van der Waals surface area (Å²) in [6, 6.07) is 21.9. The summed E-state index contributed by atoms with van der Waals surface area (Å²) in [6.07, 6.45) is 6.49. The second-order valence-corrected chi connectivity index (χ2v) is 5.48. The minimum absolute atomic E-state index is 0.343. The Morgan fingerprint density at radius 1 is 0.810 bits per heavy atom. The molecule has 0 N–H and O–H groups in total. The Bertz CT molecular complexity index is 626. The SMILES string of the molecule is CC(c1ccccc1)n1cc[n+]([C@@H](C)c2ccccc2)c1. The lowest BCUT2D eigenvalue weighted by molar-refractivity contribution is -0.710. The van der Waals surface area contributed by atoms with Crippen molar-refractivity contribution >= 4 is 0 Å². The van der Waals surface area contributed by atoms with Crippen LogP contribution in [0.2, 0.25) is 0 Å². The monoisotopic (exact) mass is 277 g/mol. The second-order valence-electron chi connectivity index (χ2n) is 5.48. The number of hydrogen-bond donors (Lipinski definition) is 0. The largest absolute Gasteiger partial charge is 0.244 e. The molecule has 1 aromatic heterocycles. The van der Waals surface area contributed by atoms with Crippen LogP contribution in [0.5, 0.6) is 0 Å². The quantitative estimate of drug-likeness (QED) is 0.638. The Labute approximate surface area is 126 Å². The van der Waals surface area contributed by atoms with Gasteiger partial charge < -0.3 is 0 Å².